The van der Waals surface area contributed by atoms with Gasteiger partial charge in [0.25, 0.3) is 0 Å². The summed E-state index contributed by atoms with van der Waals surface area (Å²) in [7, 11) is 0. The van der Waals surface area contributed by atoms with Crippen molar-refractivity contribution in [2.45, 2.75) is 6.42 Å². The van der Waals surface area contributed by atoms with E-state index >= 15 is 0 Å². The zero-order valence-corrected chi connectivity index (χ0v) is 7.75. The van der Waals surface area contributed by atoms with Gasteiger partial charge in [0.15, 0.2) is 0 Å². The standard InChI is InChI=1S/C13H10N/c1-2-6-11-10(5-1)9-14-13-8-4-3-7-12(11)13/h1-6,9,14H,7H2/q+1. The Morgan fingerprint density at radius 2 is 2.14 bits per heavy atom. The van der Waals surface area contributed by atoms with E-state index in [9.17, 15) is 0 Å². The molecule has 0 radical (unpaired) electrons. The molecule has 0 unspecified atom stereocenters. The van der Waals surface area contributed by atoms with Crippen molar-refractivity contribution in [2.75, 3.05) is 0 Å². The Bertz CT molecular complexity index is 547. The average Bonchev–Trinajstić information content (AvgIpc) is 2.29. The Morgan fingerprint density at radius 1 is 1.21 bits per heavy atom. The Balaban J connectivity index is 2.41. The first kappa shape index (κ1) is 7.54. The van der Waals surface area contributed by atoms with E-state index in [-0.39, 0.29) is 0 Å². The maximum atomic E-state index is 3.27. The average molecular weight is 180 g/mol. The van der Waals surface area contributed by atoms with Crippen molar-refractivity contribution in [1.29, 1.82) is 0 Å². The van der Waals surface area contributed by atoms with Gasteiger partial charge in [0.05, 0.1) is 18.1 Å². The molecule has 2 aliphatic rings. The Kier molecular flexibility index (Phi) is 1.52. The summed E-state index contributed by atoms with van der Waals surface area (Å²) in [6.07, 6.45) is 10.4. The second-order valence-electron chi connectivity index (χ2n) is 3.48. The van der Waals surface area contributed by atoms with Crippen LogP contribution in [0.15, 0.2) is 42.1 Å². The molecule has 1 aliphatic heterocycles. The number of benzene rings is 1. The number of allylic oxidation sites excluding steroid dienone is 4. The molecule has 1 N–H and O–H groups in total. The van der Waals surface area contributed by atoms with Gasteiger partial charge in [-0.05, 0) is 6.07 Å². The lowest BCUT2D eigenvalue weighted by atomic mass is 9.98. The minimum Gasteiger partial charge on any atom is -0.332 e. The van der Waals surface area contributed by atoms with Crippen LogP contribution in [0.25, 0.3) is 11.8 Å². The molecule has 14 heavy (non-hydrogen) atoms. The molecule has 66 valence electrons. The minimum absolute atomic E-state index is 1.00. The molecule has 1 aromatic rings. The second kappa shape index (κ2) is 2.83. The lowest BCUT2D eigenvalue weighted by Gasteiger charge is -2.09. The van der Waals surface area contributed by atoms with Crippen LogP contribution in [0.3, 0.4) is 0 Å². The van der Waals surface area contributed by atoms with Gasteiger partial charge < -0.3 is 5.32 Å². The van der Waals surface area contributed by atoms with E-state index < -0.39 is 0 Å². The van der Waals surface area contributed by atoms with Gasteiger partial charge in [-0.1, -0.05) is 18.2 Å². The third-order valence-corrected chi connectivity index (χ3v) is 2.63. The van der Waals surface area contributed by atoms with Gasteiger partial charge in [-0.3, -0.25) is 0 Å². The van der Waals surface area contributed by atoms with E-state index in [1.807, 2.05) is 12.3 Å². The van der Waals surface area contributed by atoms with E-state index in [1.54, 1.807) is 0 Å². The predicted octanol–water partition coefficient (Wildman–Crippen LogP) is 0.825. The SMILES string of the molecule is [C+]1=C2NC=c3ccccc3=C2CC=C1. The minimum atomic E-state index is 1.00. The van der Waals surface area contributed by atoms with Crippen LogP contribution >= 0.6 is 0 Å². The van der Waals surface area contributed by atoms with Crippen LogP contribution in [0.1, 0.15) is 6.42 Å². The fraction of sp³-hybridized carbons (Fsp3) is 0.0769. The van der Waals surface area contributed by atoms with E-state index in [4.69, 9.17) is 0 Å². The van der Waals surface area contributed by atoms with E-state index in [0.717, 1.165) is 12.1 Å². The van der Waals surface area contributed by atoms with Crippen LogP contribution in [0.4, 0.5) is 0 Å². The molecule has 0 bridgehead atoms. The van der Waals surface area contributed by atoms with Crippen molar-refractivity contribution in [3.63, 3.8) is 0 Å². The summed E-state index contributed by atoms with van der Waals surface area (Å²) < 4.78 is 0. The largest absolute Gasteiger partial charge is 0.332 e. The first-order valence-corrected chi connectivity index (χ1v) is 4.79. The summed E-state index contributed by atoms with van der Waals surface area (Å²) in [6, 6.07) is 8.45. The summed E-state index contributed by atoms with van der Waals surface area (Å²) in [5.74, 6) is 0. The fourth-order valence-corrected chi connectivity index (χ4v) is 1.93. The Labute approximate surface area is 82.8 Å². The molecule has 0 fully saturated rings. The number of rotatable bonds is 0. The highest BCUT2D eigenvalue weighted by Gasteiger charge is 2.19. The predicted molar refractivity (Wildman–Crippen MR) is 57.2 cm³/mol. The summed E-state index contributed by atoms with van der Waals surface area (Å²) in [5, 5.41) is 5.87. The van der Waals surface area contributed by atoms with Gasteiger partial charge in [-0.25, -0.2) is 0 Å². The molecule has 1 heterocycles. The highest BCUT2D eigenvalue weighted by atomic mass is 14.9. The molecule has 1 heteroatoms. The molecule has 0 aromatic heterocycles. The summed E-state index contributed by atoms with van der Waals surface area (Å²) in [5.41, 5.74) is 2.47. The summed E-state index contributed by atoms with van der Waals surface area (Å²) in [4.78, 5) is 0. The fourth-order valence-electron chi connectivity index (χ4n) is 1.93. The van der Waals surface area contributed by atoms with Crippen LogP contribution in [0, 0.1) is 6.08 Å². The van der Waals surface area contributed by atoms with Crippen LogP contribution in [0.5, 0.6) is 0 Å². The highest BCUT2D eigenvalue weighted by Crippen LogP contribution is 2.16. The molecule has 0 saturated heterocycles. The smallest absolute Gasteiger partial charge is 0.210 e. The first-order chi connectivity index (χ1) is 6.95. The Morgan fingerprint density at radius 3 is 3.14 bits per heavy atom. The van der Waals surface area contributed by atoms with Crippen LogP contribution < -0.4 is 15.8 Å². The summed E-state index contributed by atoms with van der Waals surface area (Å²) in [6.45, 7) is 0. The van der Waals surface area contributed by atoms with Crippen molar-refractivity contribution < 1.29 is 0 Å². The molecule has 0 spiro atoms. The quantitative estimate of drug-likeness (QED) is 0.583. The molecule has 1 aliphatic carbocycles. The van der Waals surface area contributed by atoms with E-state index in [0.29, 0.717) is 0 Å². The molecular weight excluding hydrogens is 170 g/mol. The van der Waals surface area contributed by atoms with Gasteiger partial charge in [0.2, 0.25) is 5.70 Å². The van der Waals surface area contributed by atoms with Crippen molar-refractivity contribution in [3.05, 3.63) is 58.6 Å². The van der Waals surface area contributed by atoms with Crippen molar-refractivity contribution in [3.8, 4) is 0 Å². The number of fused-ring (bicyclic) bond motifs is 2. The maximum absolute atomic E-state index is 3.27. The van der Waals surface area contributed by atoms with Crippen molar-refractivity contribution in [2.24, 2.45) is 0 Å². The number of nitrogens with one attached hydrogen (secondary N) is 1. The third-order valence-electron chi connectivity index (χ3n) is 2.63. The lowest BCUT2D eigenvalue weighted by molar-refractivity contribution is 1.09. The normalized spacial score (nSPS) is 16.9. The first-order valence-electron chi connectivity index (χ1n) is 4.79. The molecule has 1 aromatic carbocycles. The zero-order valence-electron chi connectivity index (χ0n) is 7.75. The van der Waals surface area contributed by atoms with Crippen molar-refractivity contribution in [1.82, 2.24) is 5.32 Å². The molecule has 0 atom stereocenters. The number of hydrogen-bond acceptors (Lipinski definition) is 1. The van der Waals surface area contributed by atoms with Gasteiger partial charge in [0.1, 0.15) is 6.08 Å². The lowest BCUT2D eigenvalue weighted by Crippen LogP contribution is -2.35. The molecule has 1 nitrogen and oxygen atoms in total. The van der Waals surface area contributed by atoms with Crippen LogP contribution in [0.2, 0.25) is 0 Å². The zero-order chi connectivity index (χ0) is 9.38. The highest BCUT2D eigenvalue weighted by molar-refractivity contribution is 5.69. The van der Waals surface area contributed by atoms with Gasteiger partial charge >= 0.3 is 0 Å². The number of hydrogen-bond donors (Lipinski definition) is 1. The topological polar surface area (TPSA) is 12.0 Å². The van der Waals surface area contributed by atoms with Crippen LogP contribution in [-0.4, -0.2) is 0 Å². The monoisotopic (exact) mass is 180 g/mol. The van der Waals surface area contributed by atoms with Gasteiger partial charge in [-0.2, -0.15) is 0 Å². The maximum Gasteiger partial charge on any atom is 0.210 e. The van der Waals surface area contributed by atoms with Crippen LogP contribution in [-0.2, 0) is 0 Å². The summed E-state index contributed by atoms with van der Waals surface area (Å²) >= 11 is 0. The third kappa shape index (κ3) is 1.00. The molecular formula is C13H10N+. The molecule has 0 saturated carbocycles. The second-order valence-corrected chi connectivity index (χ2v) is 3.48. The van der Waals surface area contributed by atoms with E-state index in [2.05, 4.69) is 41.7 Å². The molecule has 3 rings (SSSR count). The van der Waals surface area contributed by atoms with E-state index in [1.165, 1.54) is 16.0 Å². The van der Waals surface area contributed by atoms with Gasteiger partial charge in [0, 0.05) is 22.7 Å². The van der Waals surface area contributed by atoms with Gasteiger partial charge in [-0.15, -0.1) is 0 Å². The Hall–Kier alpha value is -1.85. The molecule has 0 amide bonds. The van der Waals surface area contributed by atoms with Crippen molar-refractivity contribution >= 4 is 11.8 Å².